The first-order chi connectivity index (χ1) is 9.74. The summed E-state index contributed by atoms with van der Waals surface area (Å²) in [4.78, 5) is 4.79. The minimum Gasteiger partial charge on any atom is -0.248 e. The van der Waals surface area contributed by atoms with E-state index in [9.17, 15) is 0 Å². The van der Waals surface area contributed by atoms with Gasteiger partial charge in [-0.2, -0.15) is 0 Å². The van der Waals surface area contributed by atoms with Crippen LogP contribution < -0.4 is 0 Å². The minimum absolute atomic E-state index is 0.983. The Labute approximate surface area is 127 Å². The SMILES string of the molecule is Cc1cccc(-c2cccc(-c3ccccc3Br)n2)c1. The first-order valence-corrected chi connectivity index (χ1v) is 7.32. The number of rotatable bonds is 2. The molecule has 0 fully saturated rings. The van der Waals surface area contributed by atoms with Crippen LogP contribution in [-0.4, -0.2) is 4.98 Å². The Morgan fingerprint density at radius 1 is 0.800 bits per heavy atom. The van der Waals surface area contributed by atoms with E-state index in [0.29, 0.717) is 0 Å². The van der Waals surface area contributed by atoms with Gasteiger partial charge in [-0.25, -0.2) is 4.98 Å². The van der Waals surface area contributed by atoms with Crippen molar-refractivity contribution in [1.82, 2.24) is 4.98 Å². The lowest BCUT2D eigenvalue weighted by Gasteiger charge is -2.07. The molecule has 0 spiro atoms. The molecule has 0 N–H and O–H groups in total. The molecular formula is C18H14BrN. The normalized spacial score (nSPS) is 10.5. The van der Waals surface area contributed by atoms with Gasteiger partial charge < -0.3 is 0 Å². The van der Waals surface area contributed by atoms with Crippen LogP contribution in [0.1, 0.15) is 5.56 Å². The van der Waals surface area contributed by atoms with Gasteiger partial charge in [-0.15, -0.1) is 0 Å². The van der Waals surface area contributed by atoms with Gasteiger partial charge in [-0.3, -0.25) is 0 Å². The van der Waals surface area contributed by atoms with Crippen LogP contribution >= 0.6 is 15.9 Å². The van der Waals surface area contributed by atoms with Crippen molar-refractivity contribution in [1.29, 1.82) is 0 Å². The van der Waals surface area contributed by atoms with Crippen LogP contribution in [-0.2, 0) is 0 Å². The Bertz CT molecular complexity index is 750. The standard InChI is InChI=1S/C18H14BrN/c1-13-6-4-7-14(12-13)17-10-5-11-18(20-17)15-8-2-3-9-16(15)19/h2-12H,1H3. The molecule has 0 bridgehead atoms. The molecule has 2 aromatic carbocycles. The third-order valence-electron chi connectivity index (χ3n) is 3.21. The summed E-state index contributed by atoms with van der Waals surface area (Å²) in [6, 6.07) is 22.7. The number of aromatic nitrogens is 1. The van der Waals surface area contributed by atoms with Crippen molar-refractivity contribution in [3.63, 3.8) is 0 Å². The van der Waals surface area contributed by atoms with Gasteiger partial charge in [0.2, 0.25) is 0 Å². The summed E-state index contributed by atoms with van der Waals surface area (Å²) in [5.74, 6) is 0. The Hall–Kier alpha value is -1.93. The minimum atomic E-state index is 0.983. The van der Waals surface area contributed by atoms with Crippen molar-refractivity contribution < 1.29 is 0 Å². The van der Waals surface area contributed by atoms with E-state index < -0.39 is 0 Å². The molecule has 0 amide bonds. The van der Waals surface area contributed by atoms with Crippen molar-refractivity contribution in [3.8, 4) is 22.5 Å². The molecular weight excluding hydrogens is 310 g/mol. The van der Waals surface area contributed by atoms with Gasteiger partial charge in [0.1, 0.15) is 0 Å². The monoisotopic (exact) mass is 323 g/mol. The molecule has 0 radical (unpaired) electrons. The van der Waals surface area contributed by atoms with Crippen LogP contribution in [0.15, 0.2) is 71.2 Å². The van der Waals surface area contributed by atoms with Crippen molar-refractivity contribution in [2.75, 3.05) is 0 Å². The molecule has 0 saturated heterocycles. The van der Waals surface area contributed by atoms with Crippen LogP contribution in [0.5, 0.6) is 0 Å². The van der Waals surface area contributed by atoms with Crippen molar-refractivity contribution in [2.45, 2.75) is 6.92 Å². The Balaban J connectivity index is 2.09. The maximum absolute atomic E-state index is 4.79. The van der Waals surface area contributed by atoms with Gasteiger partial charge in [-0.05, 0) is 31.2 Å². The number of hydrogen-bond donors (Lipinski definition) is 0. The molecule has 1 nitrogen and oxygen atoms in total. The van der Waals surface area contributed by atoms with E-state index in [4.69, 9.17) is 4.98 Å². The van der Waals surface area contributed by atoms with Crippen molar-refractivity contribution in [3.05, 3.63) is 76.8 Å². The third kappa shape index (κ3) is 2.66. The Morgan fingerprint density at radius 3 is 2.35 bits per heavy atom. The molecule has 1 aromatic heterocycles. The fraction of sp³-hybridized carbons (Fsp3) is 0.0556. The summed E-state index contributed by atoms with van der Waals surface area (Å²) in [7, 11) is 0. The second-order valence-electron chi connectivity index (χ2n) is 4.76. The smallest absolute Gasteiger partial charge is 0.0720 e. The molecule has 1 heterocycles. The maximum Gasteiger partial charge on any atom is 0.0720 e. The zero-order valence-corrected chi connectivity index (χ0v) is 12.8. The van der Waals surface area contributed by atoms with E-state index in [1.807, 2.05) is 24.3 Å². The maximum atomic E-state index is 4.79. The number of nitrogens with zero attached hydrogens (tertiary/aromatic N) is 1. The van der Waals surface area contributed by atoms with Crippen LogP contribution in [0.2, 0.25) is 0 Å². The number of hydrogen-bond acceptors (Lipinski definition) is 1. The van der Waals surface area contributed by atoms with Crippen LogP contribution in [0.25, 0.3) is 22.5 Å². The van der Waals surface area contributed by atoms with Gasteiger partial charge in [0.15, 0.2) is 0 Å². The summed E-state index contributed by atoms with van der Waals surface area (Å²) in [5.41, 5.74) is 5.50. The first-order valence-electron chi connectivity index (χ1n) is 6.53. The third-order valence-corrected chi connectivity index (χ3v) is 3.90. The predicted octanol–water partition coefficient (Wildman–Crippen LogP) is 5.49. The second-order valence-corrected chi connectivity index (χ2v) is 5.61. The fourth-order valence-electron chi connectivity index (χ4n) is 2.22. The summed E-state index contributed by atoms with van der Waals surface area (Å²) in [6.07, 6.45) is 0. The van der Waals surface area contributed by atoms with Crippen molar-refractivity contribution in [2.24, 2.45) is 0 Å². The zero-order valence-electron chi connectivity index (χ0n) is 11.2. The number of benzene rings is 2. The van der Waals surface area contributed by atoms with E-state index in [1.54, 1.807) is 0 Å². The lowest BCUT2D eigenvalue weighted by molar-refractivity contribution is 1.31. The summed E-state index contributed by atoms with van der Waals surface area (Å²) in [6.45, 7) is 2.10. The number of pyridine rings is 1. The average Bonchev–Trinajstić information content (AvgIpc) is 2.48. The molecule has 2 heteroatoms. The van der Waals surface area contributed by atoms with Gasteiger partial charge in [0.25, 0.3) is 0 Å². The molecule has 0 aliphatic carbocycles. The lowest BCUT2D eigenvalue weighted by Crippen LogP contribution is -1.89. The number of aryl methyl sites for hydroxylation is 1. The highest BCUT2D eigenvalue weighted by Gasteiger charge is 2.06. The molecule has 0 aliphatic rings. The van der Waals surface area contributed by atoms with E-state index in [-0.39, 0.29) is 0 Å². The zero-order chi connectivity index (χ0) is 13.9. The van der Waals surface area contributed by atoms with Gasteiger partial charge in [0.05, 0.1) is 11.4 Å². The molecule has 98 valence electrons. The van der Waals surface area contributed by atoms with Crippen molar-refractivity contribution >= 4 is 15.9 Å². The molecule has 0 aliphatic heterocycles. The summed E-state index contributed by atoms with van der Waals surface area (Å²) >= 11 is 3.59. The fourth-order valence-corrected chi connectivity index (χ4v) is 2.71. The Morgan fingerprint density at radius 2 is 1.55 bits per heavy atom. The molecule has 0 atom stereocenters. The highest BCUT2D eigenvalue weighted by atomic mass is 79.9. The molecule has 0 saturated carbocycles. The Kier molecular flexibility index (Phi) is 3.66. The van der Waals surface area contributed by atoms with E-state index in [1.165, 1.54) is 5.56 Å². The second kappa shape index (κ2) is 5.59. The van der Waals surface area contributed by atoms with Gasteiger partial charge in [0, 0.05) is 15.6 Å². The lowest BCUT2D eigenvalue weighted by atomic mass is 10.1. The predicted molar refractivity (Wildman–Crippen MR) is 87.5 cm³/mol. The van der Waals surface area contributed by atoms with E-state index in [0.717, 1.165) is 27.0 Å². The first kappa shape index (κ1) is 13.1. The van der Waals surface area contributed by atoms with E-state index in [2.05, 4.69) is 65.3 Å². The highest BCUT2D eigenvalue weighted by molar-refractivity contribution is 9.10. The molecule has 0 unspecified atom stereocenters. The van der Waals surface area contributed by atoms with Crippen LogP contribution in [0.3, 0.4) is 0 Å². The highest BCUT2D eigenvalue weighted by Crippen LogP contribution is 2.28. The average molecular weight is 324 g/mol. The van der Waals surface area contributed by atoms with Crippen LogP contribution in [0, 0.1) is 6.92 Å². The summed E-state index contributed by atoms with van der Waals surface area (Å²) in [5, 5.41) is 0. The van der Waals surface area contributed by atoms with Crippen LogP contribution in [0.4, 0.5) is 0 Å². The largest absolute Gasteiger partial charge is 0.248 e. The van der Waals surface area contributed by atoms with E-state index >= 15 is 0 Å². The van der Waals surface area contributed by atoms with Gasteiger partial charge >= 0.3 is 0 Å². The topological polar surface area (TPSA) is 12.9 Å². The molecule has 3 aromatic rings. The molecule has 20 heavy (non-hydrogen) atoms. The molecule has 3 rings (SSSR count). The summed E-state index contributed by atoms with van der Waals surface area (Å²) < 4.78 is 1.06. The van der Waals surface area contributed by atoms with Gasteiger partial charge in [-0.1, -0.05) is 64.0 Å². The number of halogens is 1. The quantitative estimate of drug-likeness (QED) is 0.608.